The summed E-state index contributed by atoms with van der Waals surface area (Å²) in [6.07, 6.45) is 2.19. The van der Waals surface area contributed by atoms with E-state index in [2.05, 4.69) is 4.98 Å². The molecule has 1 rings (SSSR count). The van der Waals surface area contributed by atoms with Crippen molar-refractivity contribution in [2.24, 2.45) is 0 Å². The Kier molecular flexibility index (Phi) is 2.98. The molecule has 0 saturated carbocycles. The highest BCUT2D eigenvalue weighted by Gasteiger charge is 2.12. The second kappa shape index (κ2) is 4.01. The van der Waals surface area contributed by atoms with Crippen molar-refractivity contribution >= 4 is 29.4 Å². The molecule has 6 heteroatoms. The number of carboxylic acids is 2. The maximum Gasteiger partial charge on any atom is 0.347 e. The van der Waals surface area contributed by atoms with E-state index < -0.39 is 11.9 Å². The molecule has 0 aliphatic carbocycles. The van der Waals surface area contributed by atoms with Gasteiger partial charge in [0.25, 0.3) is 0 Å². The predicted molar refractivity (Wildman–Crippen MR) is 50.5 cm³/mol. The monoisotopic (exact) mass is 213 g/mol. The van der Waals surface area contributed by atoms with Crippen LogP contribution in [0.25, 0.3) is 6.08 Å². The lowest BCUT2D eigenvalue weighted by Gasteiger charge is -1.84. The van der Waals surface area contributed by atoms with Crippen molar-refractivity contribution in [1.29, 1.82) is 0 Å². The van der Waals surface area contributed by atoms with Gasteiger partial charge in [0.15, 0.2) is 0 Å². The SMILES string of the molecule is Cc1nc(/C=C/C(=O)O)sc1C(=O)O. The van der Waals surface area contributed by atoms with Crippen molar-refractivity contribution in [2.45, 2.75) is 6.92 Å². The topological polar surface area (TPSA) is 87.5 Å². The second-order valence-corrected chi connectivity index (χ2v) is 3.47. The highest BCUT2D eigenvalue weighted by atomic mass is 32.1. The molecule has 0 atom stereocenters. The number of thiazole rings is 1. The summed E-state index contributed by atoms with van der Waals surface area (Å²) in [5.41, 5.74) is 0.396. The van der Waals surface area contributed by atoms with Gasteiger partial charge in [0, 0.05) is 6.08 Å². The summed E-state index contributed by atoms with van der Waals surface area (Å²) in [5, 5.41) is 17.4. The summed E-state index contributed by atoms with van der Waals surface area (Å²) in [4.78, 5) is 24.8. The summed E-state index contributed by atoms with van der Waals surface area (Å²) in [5.74, 6) is -2.13. The Morgan fingerprint density at radius 3 is 2.50 bits per heavy atom. The molecule has 0 radical (unpaired) electrons. The van der Waals surface area contributed by atoms with Crippen molar-refractivity contribution in [1.82, 2.24) is 4.98 Å². The maximum absolute atomic E-state index is 10.6. The van der Waals surface area contributed by atoms with Crippen LogP contribution in [-0.2, 0) is 4.79 Å². The molecule has 0 amide bonds. The second-order valence-electron chi connectivity index (χ2n) is 2.44. The Labute approximate surface area is 83.3 Å². The molecule has 0 aliphatic heterocycles. The van der Waals surface area contributed by atoms with E-state index in [1.54, 1.807) is 6.92 Å². The van der Waals surface area contributed by atoms with Crippen LogP contribution >= 0.6 is 11.3 Å². The van der Waals surface area contributed by atoms with Crippen LogP contribution in [0.1, 0.15) is 20.4 Å². The minimum absolute atomic E-state index is 0.134. The van der Waals surface area contributed by atoms with Gasteiger partial charge in [0.1, 0.15) is 9.88 Å². The number of carbonyl (C=O) groups is 2. The van der Waals surface area contributed by atoms with Crippen molar-refractivity contribution in [3.8, 4) is 0 Å². The first-order valence-electron chi connectivity index (χ1n) is 3.62. The zero-order valence-electron chi connectivity index (χ0n) is 7.22. The van der Waals surface area contributed by atoms with Gasteiger partial charge in [-0.3, -0.25) is 0 Å². The van der Waals surface area contributed by atoms with E-state index in [0.29, 0.717) is 10.7 Å². The molecule has 74 valence electrons. The van der Waals surface area contributed by atoms with Gasteiger partial charge in [-0.2, -0.15) is 0 Å². The molecule has 0 spiro atoms. The van der Waals surface area contributed by atoms with Crippen LogP contribution in [0.2, 0.25) is 0 Å². The van der Waals surface area contributed by atoms with Gasteiger partial charge >= 0.3 is 11.9 Å². The molecular weight excluding hydrogens is 206 g/mol. The molecule has 1 aromatic heterocycles. The Morgan fingerprint density at radius 1 is 1.43 bits per heavy atom. The Balaban J connectivity index is 2.97. The van der Waals surface area contributed by atoms with Crippen molar-refractivity contribution in [2.75, 3.05) is 0 Å². The quantitative estimate of drug-likeness (QED) is 0.738. The fourth-order valence-electron chi connectivity index (χ4n) is 0.830. The smallest absolute Gasteiger partial charge is 0.347 e. The number of carboxylic acid groups (broad SMARTS) is 2. The number of aryl methyl sites for hydroxylation is 1. The maximum atomic E-state index is 10.6. The van der Waals surface area contributed by atoms with Crippen LogP contribution in [0.15, 0.2) is 6.08 Å². The number of aromatic nitrogens is 1. The number of hydrogen-bond donors (Lipinski definition) is 2. The minimum Gasteiger partial charge on any atom is -0.478 e. The van der Waals surface area contributed by atoms with Gasteiger partial charge in [0.05, 0.1) is 5.69 Å². The van der Waals surface area contributed by atoms with Crippen LogP contribution in [0.4, 0.5) is 0 Å². The molecule has 5 nitrogen and oxygen atoms in total. The zero-order valence-corrected chi connectivity index (χ0v) is 8.04. The molecule has 0 bridgehead atoms. The number of hydrogen-bond acceptors (Lipinski definition) is 4. The van der Waals surface area contributed by atoms with Crippen molar-refractivity contribution in [3.63, 3.8) is 0 Å². The lowest BCUT2D eigenvalue weighted by Crippen LogP contribution is -1.94. The van der Waals surface area contributed by atoms with E-state index in [-0.39, 0.29) is 4.88 Å². The van der Waals surface area contributed by atoms with E-state index in [1.165, 1.54) is 6.08 Å². The lowest BCUT2D eigenvalue weighted by molar-refractivity contribution is -0.131. The third kappa shape index (κ3) is 2.40. The third-order valence-electron chi connectivity index (χ3n) is 1.38. The molecule has 14 heavy (non-hydrogen) atoms. The van der Waals surface area contributed by atoms with E-state index in [9.17, 15) is 9.59 Å². The number of aromatic carboxylic acids is 1. The van der Waals surface area contributed by atoms with Crippen LogP contribution in [-0.4, -0.2) is 27.1 Å². The third-order valence-corrected chi connectivity index (χ3v) is 2.49. The molecule has 0 fully saturated rings. The average Bonchev–Trinajstić information content (AvgIpc) is 2.43. The Hall–Kier alpha value is -1.69. The summed E-state index contributed by atoms with van der Waals surface area (Å²) < 4.78 is 0. The fourth-order valence-corrected chi connectivity index (χ4v) is 1.64. The highest BCUT2D eigenvalue weighted by molar-refractivity contribution is 7.14. The molecule has 1 aromatic rings. The largest absolute Gasteiger partial charge is 0.478 e. The van der Waals surface area contributed by atoms with Gasteiger partial charge in [-0.05, 0) is 13.0 Å². The first-order valence-corrected chi connectivity index (χ1v) is 4.44. The van der Waals surface area contributed by atoms with Crippen LogP contribution in [0.5, 0.6) is 0 Å². The Bertz CT molecular complexity index is 407. The summed E-state index contributed by atoms with van der Waals surface area (Å²) in [6.45, 7) is 1.57. The standard InChI is InChI=1S/C8H7NO4S/c1-4-7(8(12)13)14-5(9-4)2-3-6(10)11/h2-3H,1H3,(H,10,11)(H,12,13)/b3-2+. The highest BCUT2D eigenvalue weighted by Crippen LogP contribution is 2.18. The van der Waals surface area contributed by atoms with E-state index in [1.807, 2.05) is 0 Å². The first kappa shape index (κ1) is 10.4. The summed E-state index contributed by atoms with van der Waals surface area (Å²) >= 11 is 0.949. The van der Waals surface area contributed by atoms with Gasteiger partial charge in [-0.25, -0.2) is 14.6 Å². The molecule has 0 saturated heterocycles. The van der Waals surface area contributed by atoms with Crippen molar-refractivity contribution < 1.29 is 19.8 Å². The average molecular weight is 213 g/mol. The van der Waals surface area contributed by atoms with Crippen LogP contribution < -0.4 is 0 Å². The normalized spacial score (nSPS) is 10.6. The fraction of sp³-hybridized carbons (Fsp3) is 0.125. The van der Waals surface area contributed by atoms with Gasteiger partial charge in [-0.1, -0.05) is 0 Å². The lowest BCUT2D eigenvalue weighted by atomic mass is 10.4. The first-order chi connectivity index (χ1) is 6.50. The number of nitrogens with zero attached hydrogens (tertiary/aromatic N) is 1. The van der Waals surface area contributed by atoms with E-state index in [0.717, 1.165) is 17.4 Å². The molecule has 0 unspecified atom stereocenters. The molecule has 0 aromatic carbocycles. The van der Waals surface area contributed by atoms with Gasteiger partial charge in [0.2, 0.25) is 0 Å². The minimum atomic E-state index is -1.09. The van der Waals surface area contributed by atoms with E-state index >= 15 is 0 Å². The van der Waals surface area contributed by atoms with Crippen LogP contribution in [0, 0.1) is 6.92 Å². The Morgan fingerprint density at radius 2 is 2.07 bits per heavy atom. The molecule has 2 N–H and O–H groups in total. The summed E-state index contributed by atoms with van der Waals surface area (Å²) in [6, 6.07) is 0. The molecule has 1 heterocycles. The zero-order chi connectivity index (χ0) is 10.7. The van der Waals surface area contributed by atoms with Gasteiger partial charge < -0.3 is 10.2 Å². The molecular formula is C8H7NO4S. The predicted octanol–water partition coefficient (Wildman–Crippen LogP) is 1.25. The number of rotatable bonds is 3. The number of aliphatic carboxylic acids is 1. The van der Waals surface area contributed by atoms with E-state index in [4.69, 9.17) is 10.2 Å². The van der Waals surface area contributed by atoms with Crippen molar-refractivity contribution in [3.05, 3.63) is 21.7 Å². The van der Waals surface area contributed by atoms with Crippen LogP contribution in [0.3, 0.4) is 0 Å². The summed E-state index contributed by atoms with van der Waals surface area (Å²) in [7, 11) is 0. The molecule has 0 aliphatic rings. The van der Waals surface area contributed by atoms with Gasteiger partial charge in [-0.15, -0.1) is 11.3 Å².